The van der Waals surface area contributed by atoms with Crippen molar-refractivity contribution in [1.29, 1.82) is 0 Å². The summed E-state index contributed by atoms with van der Waals surface area (Å²) in [7, 11) is 0. The van der Waals surface area contributed by atoms with Gasteiger partial charge in [0.05, 0.1) is 0 Å². The van der Waals surface area contributed by atoms with E-state index in [0.29, 0.717) is 0 Å². The van der Waals surface area contributed by atoms with Gasteiger partial charge in [-0.3, -0.25) is 0 Å². The molecule has 4 heavy (non-hydrogen) atoms. The summed E-state index contributed by atoms with van der Waals surface area (Å²) < 4.78 is 0. The number of hydrogen-bond acceptors (Lipinski definition) is 0. The fourth-order valence-electron chi connectivity index (χ4n) is 0. The van der Waals surface area contributed by atoms with Crippen molar-refractivity contribution in [3.8, 4) is 0 Å². The molecule has 0 aromatic heterocycles. The number of halogens is 1. The fourth-order valence-corrected chi connectivity index (χ4v) is 0. The molecule has 0 rings (SSSR count). The van der Waals surface area contributed by atoms with Crippen LogP contribution in [0.1, 0.15) is 0 Å². The molecule has 6 radical (unpaired) electrons. The van der Waals surface area contributed by atoms with Crippen molar-refractivity contribution in [3.05, 3.63) is 6.38 Å². The fraction of sp³-hybridized carbons (Fsp3) is 0. The van der Waals surface area contributed by atoms with Crippen molar-refractivity contribution in [3.63, 3.8) is 0 Å². The average Bonchev–Trinajstić information content (AvgIpc) is 1.00. The van der Waals surface area contributed by atoms with E-state index in [4.69, 9.17) is 6.38 Å². The van der Waals surface area contributed by atoms with E-state index >= 15 is 0 Å². The second-order valence-corrected chi connectivity index (χ2v) is 0. The molecule has 3 heteroatoms. The molecule has 0 amide bonds. The van der Waals surface area contributed by atoms with Crippen LogP contribution < -0.4 is 0 Å². The van der Waals surface area contributed by atoms with Crippen LogP contribution in [0.15, 0.2) is 0 Å². The van der Waals surface area contributed by atoms with Crippen molar-refractivity contribution in [1.82, 2.24) is 0 Å². The molecule has 0 bridgehead atoms. The molecular weight excluding hydrogens is 94.8 g/mol. The Kier molecular flexibility index (Phi) is 81.5. The van der Waals surface area contributed by atoms with E-state index in [1.807, 2.05) is 0 Å². The van der Waals surface area contributed by atoms with Crippen LogP contribution in [0.2, 0.25) is 0 Å². The summed E-state index contributed by atoms with van der Waals surface area (Å²) in [5.74, 6) is 0. The van der Waals surface area contributed by atoms with Crippen LogP contribution in [0.3, 0.4) is 0 Å². The van der Waals surface area contributed by atoms with Gasteiger partial charge in [-0.2, -0.15) is 0 Å². The van der Waals surface area contributed by atoms with E-state index in [9.17, 15) is 0 Å². The van der Waals surface area contributed by atoms with Gasteiger partial charge in [0, 0.05) is 52.6 Å². The topological polar surface area (TPSA) is 0 Å². The Morgan fingerprint density at radius 1 is 1.25 bits per heavy atom. The summed E-state index contributed by atoms with van der Waals surface area (Å²) in [6.07, 6.45) is 5.22. The van der Waals surface area contributed by atoms with E-state index < -0.39 is 0 Å². The third kappa shape index (κ3) is 8.96. The van der Waals surface area contributed by atoms with Gasteiger partial charge in [-0.05, 0) is 0 Å². The Labute approximate surface area is 69.7 Å². The summed E-state index contributed by atoms with van der Waals surface area (Å²) in [4.78, 5) is 0. The first-order valence-electron chi connectivity index (χ1n) is 0.189. The Balaban J connectivity index is -0.00000000500. The minimum absolute atomic E-state index is 0. The van der Waals surface area contributed by atoms with E-state index in [1.165, 1.54) is 0 Å². The van der Waals surface area contributed by atoms with Crippen molar-refractivity contribution in [2.75, 3.05) is 0 Å². The molecular formula is CClMgNa. The molecule has 0 aliphatic heterocycles. The van der Waals surface area contributed by atoms with Crippen LogP contribution in [0, 0.1) is 6.38 Å². The maximum Gasteiger partial charge on any atom is 0.113 e. The zero-order chi connectivity index (χ0) is 2.00. The molecule has 14 valence electrons. The summed E-state index contributed by atoms with van der Waals surface area (Å²) in [6.45, 7) is 0. The Hall–Kier alpha value is 2.06. The van der Waals surface area contributed by atoms with E-state index in [0.717, 1.165) is 0 Å². The third-order valence-corrected chi connectivity index (χ3v) is 0. The summed E-state index contributed by atoms with van der Waals surface area (Å²) in [5.41, 5.74) is 0. The van der Waals surface area contributed by atoms with Gasteiger partial charge < -0.3 is 0 Å². The van der Waals surface area contributed by atoms with Crippen molar-refractivity contribution in [2.45, 2.75) is 0 Å². The maximum absolute atomic E-state index is 5.22. The molecule has 0 saturated heterocycles. The molecule has 0 aromatic rings. The first-order chi connectivity index (χ1) is 1.00. The summed E-state index contributed by atoms with van der Waals surface area (Å²) in [5, 5.41) is 0. The van der Waals surface area contributed by atoms with E-state index in [-0.39, 0.29) is 52.6 Å². The summed E-state index contributed by atoms with van der Waals surface area (Å²) >= 11 is 3.89. The SMILES string of the molecule is [C]Cl.[Mg].[Na]. The van der Waals surface area contributed by atoms with Gasteiger partial charge in [0.2, 0.25) is 0 Å². The molecule has 0 spiro atoms. The molecule has 0 aliphatic carbocycles. The number of rotatable bonds is 0. The first kappa shape index (κ1) is 16.6. The molecule has 0 nitrogen and oxygen atoms in total. The quantitative estimate of drug-likeness (QED) is 0.371. The molecule has 0 aliphatic rings. The molecule has 0 atom stereocenters. The van der Waals surface area contributed by atoms with Crippen LogP contribution in [-0.2, 0) is 0 Å². The van der Waals surface area contributed by atoms with Crippen LogP contribution >= 0.6 is 11.6 Å². The van der Waals surface area contributed by atoms with E-state index in [1.54, 1.807) is 0 Å². The Morgan fingerprint density at radius 2 is 1.25 bits per heavy atom. The predicted octanol–water partition coefficient (Wildman–Crippen LogP) is 0.00919. The maximum atomic E-state index is 5.22. The first-order valence-corrected chi connectivity index (χ1v) is 0.567. The second-order valence-electron chi connectivity index (χ2n) is 0. The zero-order valence-electron chi connectivity index (χ0n) is 2.59. The van der Waals surface area contributed by atoms with Crippen LogP contribution in [-0.4, -0.2) is 52.6 Å². The van der Waals surface area contributed by atoms with Crippen LogP contribution in [0.4, 0.5) is 0 Å². The molecule has 0 heterocycles. The Morgan fingerprint density at radius 3 is 1.25 bits per heavy atom. The van der Waals surface area contributed by atoms with Gasteiger partial charge >= 0.3 is 0 Å². The van der Waals surface area contributed by atoms with Crippen molar-refractivity contribution >= 4 is 64.2 Å². The minimum atomic E-state index is 0. The molecule has 0 saturated carbocycles. The molecule has 0 fully saturated rings. The average molecular weight is 94.8 g/mol. The standard InChI is InChI=1S/CCl.Mg.Na/c1-2;;. The predicted molar refractivity (Wildman–Crippen MR) is 20.6 cm³/mol. The van der Waals surface area contributed by atoms with Crippen molar-refractivity contribution < 1.29 is 0 Å². The molecule has 0 unspecified atom stereocenters. The van der Waals surface area contributed by atoms with Gasteiger partial charge in [-0.1, -0.05) is 0 Å². The van der Waals surface area contributed by atoms with Gasteiger partial charge in [0.1, 0.15) is 6.38 Å². The van der Waals surface area contributed by atoms with E-state index in [2.05, 4.69) is 11.6 Å². The van der Waals surface area contributed by atoms with Gasteiger partial charge in [0.25, 0.3) is 0 Å². The zero-order valence-corrected chi connectivity index (χ0v) is 6.76. The molecule has 0 aromatic carbocycles. The van der Waals surface area contributed by atoms with Gasteiger partial charge in [0.15, 0.2) is 0 Å². The third-order valence-electron chi connectivity index (χ3n) is 0. The largest absolute Gasteiger partial charge is 0.113 e. The van der Waals surface area contributed by atoms with Gasteiger partial charge in [-0.15, -0.1) is 11.6 Å². The molecule has 0 N–H and O–H groups in total. The second kappa shape index (κ2) is 19.7. The number of hydrogen-bond donors (Lipinski definition) is 0. The summed E-state index contributed by atoms with van der Waals surface area (Å²) in [6, 6.07) is 0. The van der Waals surface area contributed by atoms with Crippen molar-refractivity contribution in [2.24, 2.45) is 0 Å². The van der Waals surface area contributed by atoms with Crippen LogP contribution in [0.5, 0.6) is 0 Å². The Bertz CT molecular complexity index is 8.00. The monoisotopic (exact) mass is 93.9 g/mol. The normalized spacial score (nSPS) is 1.50. The van der Waals surface area contributed by atoms with Gasteiger partial charge in [-0.25, -0.2) is 0 Å². The smallest absolute Gasteiger partial charge is 0.113 e. The minimum Gasteiger partial charge on any atom is -0.113 e. The van der Waals surface area contributed by atoms with Crippen LogP contribution in [0.25, 0.3) is 0 Å².